The van der Waals surface area contributed by atoms with Crippen LogP contribution in [0.1, 0.15) is 5.56 Å². The summed E-state index contributed by atoms with van der Waals surface area (Å²) in [7, 11) is 1.45. The molecule has 22 heavy (non-hydrogen) atoms. The van der Waals surface area contributed by atoms with Crippen molar-refractivity contribution in [2.24, 2.45) is 0 Å². The van der Waals surface area contributed by atoms with Crippen molar-refractivity contribution in [3.8, 4) is 11.5 Å². The van der Waals surface area contributed by atoms with Gasteiger partial charge in [0.2, 0.25) is 0 Å². The predicted molar refractivity (Wildman–Crippen MR) is 78.2 cm³/mol. The number of aromatic hydroxyl groups is 1. The molecule has 0 radical (unpaired) electrons. The van der Waals surface area contributed by atoms with Gasteiger partial charge in [-0.2, -0.15) is 0 Å². The van der Waals surface area contributed by atoms with Crippen LogP contribution < -0.4 is 4.74 Å². The van der Waals surface area contributed by atoms with E-state index in [0.717, 1.165) is 0 Å². The molecular formula is C16H14O6. The maximum absolute atomic E-state index is 10.1. The first-order valence-electron chi connectivity index (χ1n) is 6.50. The summed E-state index contributed by atoms with van der Waals surface area (Å²) in [4.78, 5) is 0. The fraction of sp³-hybridized carbons (Fsp3) is 0.125. The first kappa shape index (κ1) is 14.1. The Balaban J connectivity index is 2.08. The van der Waals surface area contributed by atoms with E-state index >= 15 is 0 Å². The molecule has 1 aromatic carbocycles. The maximum atomic E-state index is 10.1. The molecule has 0 saturated carbocycles. The molecule has 0 saturated heterocycles. The molecule has 4 N–H and O–H groups in total. The lowest BCUT2D eigenvalue weighted by Crippen LogP contribution is -2.19. The van der Waals surface area contributed by atoms with E-state index in [0.29, 0.717) is 16.9 Å². The van der Waals surface area contributed by atoms with Crippen molar-refractivity contribution in [2.75, 3.05) is 7.11 Å². The Morgan fingerprint density at radius 1 is 1.09 bits per heavy atom. The van der Waals surface area contributed by atoms with Crippen molar-refractivity contribution in [1.29, 1.82) is 0 Å². The molecule has 1 atom stereocenters. The lowest BCUT2D eigenvalue weighted by Gasteiger charge is -2.25. The van der Waals surface area contributed by atoms with E-state index in [9.17, 15) is 20.4 Å². The third-order valence-electron chi connectivity index (χ3n) is 3.34. The second-order valence-corrected chi connectivity index (χ2v) is 4.88. The Kier molecular flexibility index (Phi) is 3.30. The van der Waals surface area contributed by atoms with Gasteiger partial charge in [0.1, 0.15) is 29.1 Å². The number of ether oxygens (including phenoxy) is 2. The SMILES string of the molecule is COc1cc(O)cc(C2=C(O)C=C3C(=CC(O)=CC3O)O2)c1. The number of aliphatic hydroxyl groups is 3. The van der Waals surface area contributed by atoms with Gasteiger partial charge in [-0.15, -0.1) is 0 Å². The second kappa shape index (κ2) is 5.16. The van der Waals surface area contributed by atoms with E-state index in [2.05, 4.69) is 0 Å². The van der Waals surface area contributed by atoms with E-state index in [1.165, 1.54) is 37.5 Å². The van der Waals surface area contributed by atoms with Crippen LogP contribution in [0.3, 0.4) is 0 Å². The summed E-state index contributed by atoms with van der Waals surface area (Å²) >= 11 is 0. The summed E-state index contributed by atoms with van der Waals surface area (Å²) in [6.07, 6.45) is 2.86. The molecule has 1 heterocycles. The Hall–Kier alpha value is -2.86. The van der Waals surface area contributed by atoms with Gasteiger partial charge in [-0.05, 0) is 24.3 Å². The highest BCUT2D eigenvalue weighted by Gasteiger charge is 2.28. The Labute approximate surface area is 126 Å². The summed E-state index contributed by atoms with van der Waals surface area (Å²) in [6.45, 7) is 0. The minimum absolute atomic E-state index is 0.0478. The second-order valence-electron chi connectivity index (χ2n) is 4.88. The van der Waals surface area contributed by atoms with Crippen molar-refractivity contribution in [3.05, 3.63) is 64.8 Å². The first-order chi connectivity index (χ1) is 10.5. The number of hydrogen-bond acceptors (Lipinski definition) is 6. The largest absolute Gasteiger partial charge is 0.508 e. The lowest BCUT2D eigenvalue weighted by molar-refractivity contribution is 0.229. The zero-order valence-corrected chi connectivity index (χ0v) is 11.6. The van der Waals surface area contributed by atoms with Crippen LogP contribution in [0.15, 0.2) is 59.3 Å². The van der Waals surface area contributed by atoms with Gasteiger partial charge in [0.25, 0.3) is 0 Å². The fourth-order valence-electron chi connectivity index (χ4n) is 2.32. The minimum Gasteiger partial charge on any atom is -0.508 e. The molecule has 0 amide bonds. The molecule has 0 spiro atoms. The number of hydrogen-bond donors (Lipinski definition) is 4. The highest BCUT2D eigenvalue weighted by Crippen LogP contribution is 2.37. The number of phenols is 1. The fourth-order valence-corrected chi connectivity index (χ4v) is 2.32. The summed E-state index contributed by atoms with van der Waals surface area (Å²) in [5, 5.41) is 39.2. The van der Waals surface area contributed by atoms with Crippen molar-refractivity contribution in [3.63, 3.8) is 0 Å². The third kappa shape index (κ3) is 2.40. The molecule has 0 fully saturated rings. The minimum atomic E-state index is -1.07. The number of aliphatic hydroxyl groups excluding tert-OH is 3. The third-order valence-corrected chi connectivity index (χ3v) is 3.34. The average molecular weight is 302 g/mol. The van der Waals surface area contributed by atoms with Crippen molar-refractivity contribution < 1.29 is 29.9 Å². The van der Waals surface area contributed by atoms with Gasteiger partial charge in [-0.3, -0.25) is 0 Å². The topological polar surface area (TPSA) is 99.4 Å². The van der Waals surface area contributed by atoms with Gasteiger partial charge in [0, 0.05) is 23.3 Å². The standard InChI is InChI=1S/C16H14O6/c1-21-11-3-8(2-9(17)4-11)16-14(20)7-12-13(19)5-10(18)6-15(12)22-16/h2-7,13,17-20H,1H3. The average Bonchev–Trinajstić information content (AvgIpc) is 2.46. The Morgan fingerprint density at radius 2 is 1.86 bits per heavy atom. The smallest absolute Gasteiger partial charge is 0.176 e. The van der Waals surface area contributed by atoms with Gasteiger partial charge in [-0.25, -0.2) is 0 Å². The van der Waals surface area contributed by atoms with Crippen LogP contribution in [0.25, 0.3) is 5.76 Å². The molecule has 0 aromatic heterocycles. The van der Waals surface area contributed by atoms with E-state index in [1.807, 2.05) is 0 Å². The van der Waals surface area contributed by atoms with Crippen molar-refractivity contribution in [1.82, 2.24) is 0 Å². The van der Waals surface area contributed by atoms with E-state index < -0.39 is 6.10 Å². The molecule has 2 aliphatic rings. The van der Waals surface area contributed by atoms with Gasteiger partial charge >= 0.3 is 0 Å². The van der Waals surface area contributed by atoms with Crippen LogP contribution in [0, 0.1) is 0 Å². The van der Waals surface area contributed by atoms with Crippen LogP contribution in [-0.4, -0.2) is 33.6 Å². The molecule has 6 nitrogen and oxygen atoms in total. The number of benzene rings is 1. The summed E-state index contributed by atoms with van der Waals surface area (Å²) in [5.41, 5.74) is 0.736. The molecule has 6 heteroatoms. The number of fused-ring (bicyclic) bond motifs is 1. The molecule has 3 rings (SSSR count). The van der Waals surface area contributed by atoms with E-state index in [-0.39, 0.29) is 28.8 Å². The Morgan fingerprint density at radius 3 is 2.59 bits per heavy atom. The summed E-state index contributed by atoms with van der Waals surface area (Å²) < 4.78 is 10.6. The first-order valence-corrected chi connectivity index (χ1v) is 6.50. The van der Waals surface area contributed by atoms with Gasteiger partial charge in [-0.1, -0.05) is 0 Å². The molecule has 0 bridgehead atoms. The van der Waals surface area contributed by atoms with Crippen molar-refractivity contribution >= 4 is 5.76 Å². The number of phenolic OH excluding ortho intramolecular Hbond substituents is 1. The zero-order chi connectivity index (χ0) is 15.9. The summed E-state index contributed by atoms with van der Waals surface area (Å²) in [6, 6.07) is 4.41. The predicted octanol–water partition coefficient (Wildman–Crippen LogP) is 2.28. The molecular weight excluding hydrogens is 288 g/mol. The highest BCUT2D eigenvalue weighted by molar-refractivity contribution is 5.70. The van der Waals surface area contributed by atoms with E-state index in [4.69, 9.17) is 9.47 Å². The van der Waals surface area contributed by atoms with Crippen molar-refractivity contribution in [2.45, 2.75) is 6.10 Å². The van der Waals surface area contributed by atoms with Crippen LogP contribution in [-0.2, 0) is 4.74 Å². The molecule has 1 aliphatic carbocycles. The number of methoxy groups -OCH3 is 1. The van der Waals surface area contributed by atoms with Crippen LogP contribution in [0.4, 0.5) is 0 Å². The lowest BCUT2D eigenvalue weighted by atomic mass is 9.97. The molecule has 114 valence electrons. The molecule has 1 aromatic rings. The highest BCUT2D eigenvalue weighted by atomic mass is 16.5. The normalized spacial score (nSPS) is 20.5. The molecule has 1 aliphatic heterocycles. The monoisotopic (exact) mass is 302 g/mol. The van der Waals surface area contributed by atoms with Crippen LogP contribution in [0.2, 0.25) is 0 Å². The summed E-state index contributed by atoms with van der Waals surface area (Å²) in [5.74, 6) is 0.332. The Bertz CT molecular complexity index is 754. The quantitative estimate of drug-likeness (QED) is 0.669. The van der Waals surface area contributed by atoms with Gasteiger partial charge < -0.3 is 29.9 Å². The maximum Gasteiger partial charge on any atom is 0.176 e. The van der Waals surface area contributed by atoms with Crippen LogP contribution >= 0.6 is 0 Å². The molecule has 1 unspecified atom stereocenters. The van der Waals surface area contributed by atoms with E-state index in [1.54, 1.807) is 6.07 Å². The number of allylic oxidation sites excluding steroid dienone is 2. The zero-order valence-electron chi connectivity index (χ0n) is 11.6. The van der Waals surface area contributed by atoms with Crippen LogP contribution in [0.5, 0.6) is 11.5 Å². The van der Waals surface area contributed by atoms with Gasteiger partial charge in [0.15, 0.2) is 11.5 Å². The number of rotatable bonds is 2. The van der Waals surface area contributed by atoms with Gasteiger partial charge in [0.05, 0.1) is 7.11 Å².